The Hall–Kier alpha value is -1.13. The molecule has 2 fully saturated rings. The van der Waals surface area contributed by atoms with Crippen LogP contribution in [0.3, 0.4) is 0 Å². The van der Waals surface area contributed by atoms with Gasteiger partial charge in [0.05, 0.1) is 19.3 Å². The second kappa shape index (κ2) is 8.11. The molecule has 128 valence electrons. The van der Waals surface area contributed by atoms with Gasteiger partial charge in [0.15, 0.2) is 0 Å². The summed E-state index contributed by atoms with van der Waals surface area (Å²) in [5.74, 6) is 0.571. The Bertz CT molecular complexity index is 502. The third-order valence-corrected chi connectivity index (χ3v) is 5.13. The molecule has 1 aromatic carbocycles. The third-order valence-electron chi connectivity index (χ3n) is 5.13. The SMILES string of the molecule is COc1ccc(F)cc1CC[C@H]1CC[C@H](CC2CCCCN2)O1. The van der Waals surface area contributed by atoms with Gasteiger partial charge in [-0.25, -0.2) is 4.39 Å². The van der Waals surface area contributed by atoms with Crippen LogP contribution >= 0.6 is 0 Å². The lowest BCUT2D eigenvalue weighted by molar-refractivity contribution is 0.0291. The fourth-order valence-electron chi connectivity index (χ4n) is 3.87. The molecule has 0 amide bonds. The molecule has 2 saturated heterocycles. The van der Waals surface area contributed by atoms with Crippen molar-refractivity contribution in [2.24, 2.45) is 0 Å². The van der Waals surface area contributed by atoms with Gasteiger partial charge in [-0.1, -0.05) is 6.42 Å². The van der Waals surface area contributed by atoms with Crippen LogP contribution in [-0.2, 0) is 11.2 Å². The molecule has 2 aliphatic rings. The number of hydrogen-bond acceptors (Lipinski definition) is 3. The lowest BCUT2D eigenvalue weighted by Gasteiger charge is -2.26. The summed E-state index contributed by atoms with van der Waals surface area (Å²) >= 11 is 0. The summed E-state index contributed by atoms with van der Waals surface area (Å²) < 4.78 is 24.9. The molecule has 3 nitrogen and oxygen atoms in total. The number of nitrogens with one attached hydrogen (secondary N) is 1. The number of ether oxygens (including phenoxy) is 2. The van der Waals surface area contributed by atoms with Gasteiger partial charge in [0.25, 0.3) is 0 Å². The first-order valence-corrected chi connectivity index (χ1v) is 8.96. The smallest absolute Gasteiger partial charge is 0.123 e. The Morgan fingerprint density at radius 3 is 2.87 bits per heavy atom. The van der Waals surface area contributed by atoms with Gasteiger partial charge in [0.1, 0.15) is 11.6 Å². The second-order valence-electron chi connectivity index (χ2n) is 6.83. The molecular weight excluding hydrogens is 293 g/mol. The first kappa shape index (κ1) is 16.7. The zero-order valence-electron chi connectivity index (χ0n) is 14.0. The predicted molar refractivity (Wildman–Crippen MR) is 89.4 cm³/mol. The average molecular weight is 321 g/mol. The number of hydrogen-bond donors (Lipinski definition) is 1. The van der Waals surface area contributed by atoms with Gasteiger partial charge >= 0.3 is 0 Å². The largest absolute Gasteiger partial charge is 0.496 e. The molecule has 3 atom stereocenters. The minimum absolute atomic E-state index is 0.200. The summed E-state index contributed by atoms with van der Waals surface area (Å²) in [5, 5.41) is 3.60. The summed E-state index contributed by atoms with van der Waals surface area (Å²) in [7, 11) is 1.63. The maximum Gasteiger partial charge on any atom is 0.123 e. The highest BCUT2D eigenvalue weighted by atomic mass is 19.1. The highest BCUT2D eigenvalue weighted by Gasteiger charge is 2.28. The average Bonchev–Trinajstić information content (AvgIpc) is 3.01. The van der Waals surface area contributed by atoms with Crippen molar-refractivity contribution in [2.75, 3.05) is 13.7 Å². The van der Waals surface area contributed by atoms with E-state index in [4.69, 9.17) is 9.47 Å². The van der Waals surface area contributed by atoms with Crippen molar-refractivity contribution < 1.29 is 13.9 Å². The lowest BCUT2D eigenvalue weighted by atomic mass is 9.98. The van der Waals surface area contributed by atoms with Crippen LogP contribution in [0.4, 0.5) is 4.39 Å². The van der Waals surface area contributed by atoms with Crippen molar-refractivity contribution in [3.8, 4) is 5.75 Å². The Labute approximate surface area is 138 Å². The molecule has 2 heterocycles. The Kier molecular flexibility index (Phi) is 5.90. The molecule has 1 aromatic rings. The summed E-state index contributed by atoms with van der Waals surface area (Å²) in [4.78, 5) is 0. The number of piperidine rings is 1. The number of aryl methyl sites for hydroxylation is 1. The van der Waals surface area contributed by atoms with Crippen LogP contribution in [0.5, 0.6) is 5.75 Å². The lowest BCUT2D eigenvalue weighted by Crippen LogP contribution is -2.36. The van der Waals surface area contributed by atoms with E-state index in [9.17, 15) is 4.39 Å². The maximum atomic E-state index is 13.4. The molecule has 23 heavy (non-hydrogen) atoms. The first-order valence-electron chi connectivity index (χ1n) is 8.96. The van der Waals surface area contributed by atoms with E-state index in [0.29, 0.717) is 18.2 Å². The third kappa shape index (κ3) is 4.67. The standard InChI is InChI=1S/C19H28FNO2/c1-22-19-10-6-15(20)12-14(19)5-7-17-8-9-18(23-17)13-16-4-2-3-11-21-16/h6,10,12,16-18,21H,2-5,7-9,11,13H2,1H3/t16?,17-,18+/m0/s1. The number of halogens is 1. The van der Waals surface area contributed by atoms with Crippen LogP contribution < -0.4 is 10.1 Å². The van der Waals surface area contributed by atoms with E-state index in [1.165, 1.54) is 25.3 Å². The Morgan fingerprint density at radius 2 is 2.09 bits per heavy atom. The summed E-state index contributed by atoms with van der Waals surface area (Å²) in [6.07, 6.45) is 9.78. The maximum absolute atomic E-state index is 13.4. The fraction of sp³-hybridized carbons (Fsp3) is 0.684. The van der Waals surface area contributed by atoms with Crippen molar-refractivity contribution >= 4 is 0 Å². The van der Waals surface area contributed by atoms with Gasteiger partial charge in [-0.3, -0.25) is 0 Å². The number of rotatable bonds is 6. The van der Waals surface area contributed by atoms with Gasteiger partial charge in [-0.15, -0.1) is 0 Å². The van der Waals surface area contributed by atoms with E-state index in [1.807, 2.05) is 0 Å². The van der Waals surface area contributed by atoms with Gasteiger partial charge < -0.3 is 14.8 Å². The molecule has 2 aliphatic heterocycles. The van der Waals surface area contributed by atoms with Gasteiger partial charge in [0, 0.05) is 6.04 Å². The molecule has 4 heteroatoms. The number of methoxy groups -OCH3 is 1. The van der Waals surface area contributed by atoms with Gasteiger partial charge in [-0.05, 0) is 75.3 Å². The highest BCUT2D eigenvalue weighted by Crippen LogP contribution is 2.29. The van der Waals surface area contributed by atoms with E-state index >= 15 is 0 Å². The first-order chi connectivity index (χ1) is 11.2. The Balaban J connectivity index is 1.45. The molecule has 1 unspecified atom stereocenters. The van der Waals surface area contributed by atoms with E-state index < -0.39 is 0 Å². The van der Waals surface area contributed by atoms with E-state index in [0.717, 1.165) is 50.0 Å². The van der Waals surface area contributed by atoms with Crippen LogP contribution in [0, 0.1) is 5.82 Å². The van der Waals surface area contributed by atoms with Crippen LogP contribution in [0.2, 0.25) is 0 Å². The zero-order chi connectivity index (χ0) is 16.1. The van der Waals surface area contributed by atoms with E-state index in [2.05, 4.69) is 5.32 Å². The second-order valence-corrected chi connectivity index (χ2v) is 6.83. The normalized spacial score (nSPS) is 28.0. The number of benzene rings is 1. The molecule has 0 spiro atoms. The predicted octanol–water partition coefficient (Wildman–Crippen LogP) is 3.85. The van der Waals surface area contributed by atoms with Crippen LogP contribution in [0.15, 0.2) is 18.2 Å². The molecule has 0 saturated carbocycles. The van der Waals surface area contributed by atoms with Crippen LogP contribution in [-0.4, -0.2) is 31.9 Å². The monoisotopic (exact) mass is 321 g/mol. The topological polar surface area (TPSA) is 30.5 Å². The van der Waals surface area contributed by atoms with Crippen molar-refractivity contribution in [2.45, 2.75) is 69.6 Å². The summed E-state index contributed by atoms with van der Waals surface area (Å²) in [6, 6.07) is 5.37. The molecule has 1 N–H and O–H groups in total. The van der Waals surface area contributed by atoms with Crippen LogP contribution in [0.1, 0.15) is 50.5 Å². The van der Waals surface area contributed by atoms with Crippen molar-refractivity contribution in [3.05, 3.63) is 29.6 Å². The van der Waals surface area contributed by atoms with Crippen LogP contribution in [0.25, 0.3) is 0 Å². The van der Waals surface area contributed by atoms with Crippen molar-refractivity contribution in [3.63, 3.8) is 0 Å². The molecule has 3 rings (SSSR count). The minimum Gasteiger partial charge on any atom is -0.496 e. The summed E-state index contributed by atoms with van der Waals surface area (Å²) in [6.45, 7) is 1.15. The molecular formula is C19H28FNO2. The highest BCUT2D eigenvalue weighted by molar-refractivity contribution is 5.34. The zero-order valence-corrected chi connectivity index (χ0v) is 14.0. The Morgan fingerprint density at radius 1 is 1.22 bits per heavy atom. The van der Waals surface area contributed by atoms with Crippen molar-refractivity contribution in [1.29, 1.82) is 0 Å². The van der Waals surface area contributed by atoms with Gasteiger partial charge in [0.2, 0.25) is 0 Å². The molecule has 0 bridgehead atoms. The quantitative estimate of drug-likeness (QED) is 0.863. The molecule has 0 aromatic heterocycles. The van der Waals surface area contributed by atoms with E-state index in [-0.39, 0.29) is 5.82 Å². The summed E-state index contributed by atoms with van der Waals surface area (Å²) in [5.41, 5.74) is 0.938. The van der Waals surface area contributed by atoms with Gasteiger partial charge in [-0.2, -0.15) is 0 Å². The van der Waals surface area contributed by atoms with Crippen molar-refractivity contribution in [1.82, 2.24) is 5.32 Å². The molecule has 0 radical (unpaired) electrons. The van der Waals surface area contributed by atoms with E-state index in [1.54, 1.807) is 19.2 Å². The minimum atomic E-state index is -0.200. The molecule has 0 aliphatic carbocycles. The fourth-order valence-corrected chi connectivity index (χ4v) is 3.87.